The maximum Gasteiger partial charge on any atom is 0.128 e. The summed E-state index contributed by atoms with van der Waals surface area (Å²) in [6, 6.07) is 7.91. The summed E-state index contributed by atoms with van der Waals surface area (Å²) < 4.78 is 5.34. The van der Waals surface area contributed by atoms with Gasteiger partial charge in [0.1, 0.15) is 5.75 Å². The Bertz CT molecular complexity index is 496. The van der Waals surface area contributed by atoms with Crippen LogP contribution in [0.2, 0.25) is 0 Å². The number of para-hydroxylation sites is 1. The third kappa shape index (κ3) is 3.09. The Hall–Kier alpha value is -1.39. The van der Waals surface area contributed by atoms with Crippen molar-refractivity contribution in [2.24, 2.45) is 0 Å². The van der Waals surface area contributed by atoms with Crippen molar-refractivity contribution in [1.29, 1.82) is 0 Å². The first-order valence-corrected chi connectivity index (χ1v) is 6.91. The molecule has 4 heteroatoms. The van der Waals surface area contributed by atoms with Crippen LogP contribution in [-0.4, -0.2) is 23.8 Å². The van der Waals surface area contributed by atoms with Gasteiger partial charge in [0.05, 0.1) is 17.8 Å². The zero-order valence-corrected chi connectivity index (χ0v) is 11.2. The Morgan fingerprint density at radius 1 is 1.28 bits per heavy atom. The molecule has 0 atom stereocenters. The van der Waals surface area contributed by atoms with E-state index < -0.39 is 0 Å². The minimum atomic E-state index is 0.255. The minimum Gasteiger partial charge on any atom is -0.496 e. The number of aliphatic hydroxyl groups is 1. The quantitative estimate of drug-likeness (QED) is 0.814. The molecule has 0 aliphatic rings. The second-order valence-corrected chi connectivity index (χ2v) is 4.95. The number of aliphatic hydroxyl groups excluding tert-OH is 1. The third-order valence-corrected chi connectivity index (χ3v) is 3.64. The molecule has 0 amide bonds. The molecule has 0 saturated heterocycles. The Morgan fingerprint density at radius 2 is 2.11 bits per heavy atom. The van der Waals surface area contributed by atoms with Gasteiger partial charge in [0.2, 0.25) is 0 Å². The number of methoxy groups -OCH3 is 1. The Labute approximate surface area is 111 Å². The minimum absolute atomic E-state index is 0.255. The first-order chi connectivity index (χ1) is 8.85. The zero-order valence-electron chi connectivity index (χ0n) is 10.4. The lowest BCUT2D eigenvalue weighted by Gasteiger charge is -2.04. The molecule has 96 valence electrons. The number of ether oxygens (including phenoxy) is 1. The fourth-order valence-corrected chi connectivity index (χ4v) is 2.63. The molecule has 0 bridgehead atoms. The van der Waals surface area contributed by atoms with Crippen LogP contribution in [0.5, 0.6) is 5.75 Å². The molecule has 2 aromatic rings. The third-order valence-electron chi connectivity index (χ3n) is 2.73. The summed E-state index contributed by atoms with van der Waals surface area (Å²) in [7, 11) is 1.67. The first kappa shape index (κ1) is 13.1. The van der Waals surface area contributed by atoms with Gasteiger partial charge in [-0.05, 0) is 31.4 Å². The smallest absolute Gasteiger partial charge is 0.128 e. The number of unbranched alkanes of at least 4 members (excludes halogenated alkanes) is 1. The van der Waals surface area contributed by atoms with Gasteiger partial charge in [-0.1, -0.05) is 12.1 Å². The number of hydrogen-bond donors (Lipinski definition) is 1. The highest BCUT2D eigenvalue weighted by Gasteiger charge is 2.08. The molecule has 1 heterocycles. The second kappa shape index (κ2) is 6.52. The number of nitrogens with zero attached hydrogens (tertiary/aromatic N) is 1. The summed E-state index contributed by atoms with van der Waals surface area (Å²) in [5.41, 5.74) is 2.00. The van der Waals surface area contributed by atoms with Crippen molar-refractivity contribution >= 4 is 11.3 Å². The molecule has 2 rings (SSSR count). The molecule has 0 fully saturated rings. The largest absolute Gasteiger partial charge is 0.496 e. The summed E-state index contributed by atoms with van der Waals surface area (Å²) in [6.07, 6.45) is 2.75. The van der Waals surface area contributed by atoms with E-state index in [1.54, 1.807) is 18.4 Å². The molecule has 0 saturated carbocycles. The Morgan fingerprint density at radius 3 is 2.89 bits per heavy atom. The van der Waals surface area contributed by atoms with Crippen LogP contribution >= 0.6 is 11.3 Å². The lowest BCUT2D eigenvalue weighted by molar-refractivity contribution is 0.284. The van der Waals surface area contributed by atoms with E-state index in [1.807, 2.05) is 24.3 Å². The summed E-state index contributed by atoms with van der Waals surface area (Å²) >= 11 is 1.67. The predicted octanol–water partition coefficient (Wildman–Crippen LogP) is 3.13. The van der Waals surface area contributed by atoms with Gasteiger partial charge in [0, 0.05) is 17.6 Å². The Balaban J connectivity index is 2.13. The van der Waals surface area contributed by atoms with Gasteiger partial charge in [-0.25, -0.2) is 4.98 Å². The number of hydrogen-bond acceptors (Lipinski definition) is 4. The zero-order chi connectivity index (χ0) is 12.8. The molecule has 1 aromatic carbocycles. The molecule has 0 spiro atoms. The van der Waals surface area contributed by atoms with Crippen LogP contribution in [-0.2, 0) is 6.42 Å². The highest BCUT2D eigenvalue weighted by molar-refractivity contribution is 7.09. The van der Waals surface area contributed by atoms with E-state index in [1.165, 1.54) is 0 Å². The SMILES string of the molecule is COc1ccccc1-c1csc(CCCCO)n1. The molecule has 0 unspecified atom stereocenters. The summed E-state index contributed by atoms with van der Waals surface area (Å²) in [6.45, 7) is 0.255. The van der Waals surface area contributed by atoms with E-state index in [2.05, 4.69) is 10.4 Å². The van der Waals surface area contributed by atoms with Gasteiger partial charge in [0.15, 0.2) is 0 Å². The number of thiazole rings is 1. The molecule has 0 radical (unpaired) electrons. The monoisotopic (exact) mass is 263 g/mol. The standard InChI is InChI=1S/C14H17NO2S/c1-17-13-7-3-2-6-11(13)12-10-18-14(15-12)8-4-5-9-16/h2-3,6-7,10,16H,4-5,8-9H2,1H3. The van der Waals surface area contributed by atoms with Crippen molar-refractivity contribution in [3.63, 3.8) is 0 Å². The highest BCUT2D eigenvalue weighted by atomic mass is 32.1. The van der Waals surface area contributed by atoms with Gasteiger partial charge in [-0.15, -0.1) is 11.3 Å². The predicted molar refractivity (Wildman–Crippen MR) is 74.1 cm³/mol. The second-order valence-electron chi connectivity index (χ2n) is 4.01. The molecule has 1 N–H and O–H groups in total. The molecule has 0 aliphatic carbocycles. The van der Waals surface area contributed by atoms with Crippen molar-refractivity contribution in [2.75, 3.05) is 13.7 Å². The van der Waals surface area contributed by atoms with Gasteiger partial charge in [-0.2, -0.15) is 0 Å². The van der Waals surface area contributed by atoms with Crippen LogP contribution in [0.1, 0.15) is 17.8 Å². The first-order valence-electron chi connectivity index (χ1n) is 6.04. The highest BCUT2D eigenvalue weighted by Crippen LogP contribution is 2.30. The fraction of sp³-hybridized carbons (Fsp3) is 0.357. The topological polar surface area (TPSA) is 42.4 Å². The molecule has 18 heavy (non-hydrogen) atoms. The Kier molecular flexibility index (Phi) is 4.73. The van der Waals surface area contributed by atoms with Crippen molar-refractivity contribution in [2.45, 2.75) is 19.3 Å². The summed E-state index contributed by atoms with van der Waals surface area (Å²) in [5, 5.41) is 11.9. The maximum atomic E-state index is 8.76. The lowest BCUT2D eigenvalue weighted by Crippen LogP contribution is -1.90. The maximum absolute atomic E-state index is 8.76. The lowest BCUT2D eigenvalue weighted by atomic mass is 10.1. The average molecular weight is 263 g/mol. The van der Waals surface area contributed by atoms with E-state index >= 15 is 0 Å². The van der Waals surface area contributed by atoms with Crippen molar-refractivity contribution in [3.8, 4) is 17.0 Å². The van der Waals surface area contributed by atoms with Crippen LogP contribution in [0, 0.1) is 0 Å². The van der Waals surface area contributed by atoms with Crippen LogP contribution < -0.4 is 4.74 Å². The molecule has 3 nitrogen and oxygen atoms in total. The average Bonchev–Trinajstić information content (AvgIpc) is 2.88. The van der Waals surface area contributed by atoms with Crippen LogP contribution in [0.25, 0.3) is 11.3 Å². The van der Waals surface area contributed by atoms with E-state index in [-0.39, 0.29) is 6.61 Å². The van der Waals surface area contributed by atoms with Gasteiger partial charge >= 0.3 is 0 Å². The number of benzene rings is 1. The summed E-state index contributed by atoms with van der Waals surface area (Å²) in [5.74, 6) is 0.852. The van der Waals surface area contributed by atoms with Crippen molar-refractivity contribution in [1.82, 2.24) is 4.98 Å². The van der Waals surface area contributed by atoms with Crippen molar-refractivity contribution < 1.29 is 9.84 Å². The number of aryl methyl sites for hydroxylation is 1. The molecule has 0 aliphatic heterocycles. The summed E-state index contributed by atoms with van der Waals surface area (Å²) in [4.78, 5) is 4.62. The molecule has 1 aromatic heterocycles. The van der Waals surface area contributed by atoms with E-state index in [0.717, 1.165) is 41.3 Å². The number of aromatic nitrogens is 1. The normalized spacial score (nSPS) is 10.6. The van der Waals surface area contributed by atoms with E-state index in [9.17, 15) is 0 Å². The fourth-order valence-electron chi connectivity index (χ4n) is 1.79. The molecular formula is C14H17NO2S. The van der Waals surface area contributed by atoms with Gasteiger partial charge < -0.3 is 9.84 Å². The van der Waals surface area contributed by atoms with Crippen LogP contribution in [0.3, 0.4) is 0 Å². The van der Waals surface area contributed by atoms with Gasteiger partial charge in [-0.3, -0.25) is 0 Å². The van der Waals surface area contributed by atoms with E-state index in [4.69, 9.17) is 9.84 Å². The van der Waals surface area contributed by atoms with E-state index in [0.29, 0.717) is 0 Å². The van der Waals surface area contributed by atoms with Gasteiger partial charge in [0.25, 0.3) is 0 Å². The number of rotatable bonds is 6. The van der Waals surface area contributed by atoms with Crippen LogP contribution in [0.4, 0.5) is 0 Å². The molecular weight excluding hydrogens is 246 g/mol. The van der Waals surface area contributed by atoms with Crippen molar-refractivity contribution in [3.05, 3.63) is 34.7 Å². The van der Waals surface area contributed by atoms with Crippen LogP contribution in [0.15, 0.2) is 29.6 Å².